The molecule has 0 aliphatic carbocycles. The number of aliphatic hydroxyl groups excluding tert-OH is 1. The second-order valence-electron chi connectivity index (χ2n) is 6.85. The second-order valence-corrected chi connectivity index (χ2v) is 6.85. The Balaban J connectivity index is 2.18. The molecule has 0 aliphatic rings. The molecule has 0 unspecified atom stereocenters. The highest BCUT2D eigenvalue weighted by Gasteiger charge is 2.15. The van der Waals surface area contributed by atoms with Crippen LogP contribution in [0.1, 0.15) is 43.4 Å². The Kier molecular flexibility index (Phi) is 7.39. The fourth-order valence-corrected chi connectivity index (χ4v) is 2.44. The molecule has 2 amide bonds. The zero-order chi connectivity index (χ0) is 16.6. The molecule has 22 heavy (non-hydrogen) atoms. The number of rotatable bonds is 8. The van der Waals surface area contributed by atoms with Crippen molar-refractivity contribution in [1.82, 2.24) is 10.6 Å². The third kappa shape index (κ3) is 7.46. The normalized spacial score (nSPS) is 11.3. The molecular formula is C18H30N2O2. The van der Waals surface area contributed by atoms with Gasteiger partial charge in [0.15, 0.2) is 0 Å². The number of hydrogen-bond acceptors (Lipinski definition) is 2. The monoisotopic (exact) mass is 306 g/mol. The highest BCUT2D eigenvalue weighted by molar-refractivity contribution is 5.73. The summed E-state index contributed by atoms with van der Waals surface area (Å²) < 4.78 is 0. The van der Waals surface area contributed by atoms with Gasteiger partial charge in [-0.15, -0.1) is 0 Å². The van der Waals surface area contributed by atoms with Gasteiger partial charge in [0.25, 0.3) is 0 Å². The average molecular weight is 306 g/mol. The molecule has 0 bridgehead atoms. The van der Waals surface area contributed by atoms with Crippen LogP contribution in [0.5, 0.6) is 0 Å². The van der Waals surface area contributed by atoms with E-state index in [-0.39, 0.29) is 18.1 Å². The molecule has 0 atom stereocenters. The summed E-state index contributed by atoms with van der Waals surface area (Å²) in [5.74, 6) is 0. The summed E-state index contributed by atoms with van der Waals surface area (Å²) in [5.41, 5.74) is 3.70. The predicted molar refractivity (Wildman–Crippen MR) is 91.1 cm³/mol. The summed E-state index contributed by atoms with van der Waals surface area (Å²) in [6, 6.07) is 6.34. The SMILES string of the molecule is Cc1cc(C)cc(CCNC(=O)NCCCC(C)(C)CO)c1. The quantitative estimate of drug-likeness (QED) is 0.647. The van der Waals surface area contributed by atoms with Crippen molar-refractivity contribution in [2.45, 2.75) is 47.0 Å². The fraction of sp³-hybridized carbons (Fsp3) is 0.611. The lowest BCUT2D eigenvalue weighted by atomic mass is 9.89. The van der Waals surface area contributed by atoms with Gasteiger partial charge in [0.2, 0.25) is 0 Å². The maximum absolute atomic E-state index is 11.7. The van der Waals surface area contributed by atoms with Crippen molar-refractivity contribution in [3.8, 4) is 0 Å². The number of aryl methyl sites for hydroxylation is 2. The Bertz CT molecular complexity index is 464. The summed E-state index contributed by atoms with van der Waals surface area (Å²) in [6.45, 7) is 9.67. The van der Waals surface area contributed by atoms with E-state index >= 15 is 0 Å². The first-order valence-electron chi connectivity index (χ1n) is 8.02. The minimum atomic E-state index is -0.119. The Morgan fingerprint density at radius 1 is 1.09 bits per heavy atom. The van der Waals surface area contributed by atoms with Crippen LogP contribution in [0.3, 0.4) is 0 Å². The van der Waals surface area contributed by atoms with Gasteiger partial charge >= 0.3 is 6.03 Å². The first-order chi connectivity index (χ1) is 10.3. The second kappa shape index (κ2) is 8.79. The van der Waals surface area contributed by atoms with Crippen LogP contribution < -0.4 is 10.6 Å². The Morgan fingerprint density at radius 2 is 1.68 bits per heavy atom. The zero-order valence-corrected chi connectivity index (χ0v) is 14.3. The third-order valence-corrected chi connectivity index (χ3v) is 3.72. The van der Waals surface area contributed by atoms with Crippen LogP contribution in [0.15, 0.2) is 18.2 Å². The van der Waals surface area contributed by atoms with Gasteiger partial charge in [-0.3, -0.25) is 0 Å². The van der Waals surface area contributed by atoms with Crippen LogP contribution >= 0.6 is 0 Å². The van der Waals surface area contributed by atoms with E-state index in [1.165, 1.54) is 16.7 Å². The Morgan fingerprint density at radius 3 is 2.27 bits per heavy atom. The number of aliphatic hydroxyl groups is 1. The van der Waals surface area contributed by atoms with Crippen molar-refractivity contribution in [2.75, 3.05) is 19.7 Å². The van der Waals surface area contributed by atoms with Crippen LogP contribution in [0.2, 0.25) is 0 Å². The molecule has 0 aromatic heterocycles. The van der Waals surface area contributed by atoms with Crippen molar-refractivity contribution >= 4 is 6.03 Å². The number of carbonyl (C=O) groups excluding carboxylic acids is 1. The van der Waals surface area contributed by atoms with E-state index in [0.29, 0.717) is 13.1 Å². The largest absolute Gasteiger partial charge is 0.396 e. The highest BCUT2D eigenvalue weighted by atomic mass is 16.3. The van der Waals surface area contributed by atoms with E-state index in [9.17, 15) is 4.79 Å². The van der Waals surface area contributed by atoms with Crippen LogP contribution in [0.25, 0.3) is 0 Å². The first kappa shape index (κ1) is 18.5. The molecule has 0 fully saturated rings. The van der Waals surface area contributed by atoms with Gasteiger partial charge < -0.3 is 15.7 Å². The Labute approximate surface area is 134 Å². The molecule has 1 rings (SSSR count). The van der Waals surface area contributed by atoms with Crippen molar-refractivity contribution in [2.24, 2.45) is 5.41 Å². The van der Waals surface area contributed by atoms with E-state index in [4.69, 9.17) is 5.11 Å². The fourth-order valence-electron chi connectivity index (χ4n) is 2.44. The van der Waals surface area contributed by atoms with Crippen molar-refractivity contribution in [3.63, 3.8) is 0 Å². The van der Waals surface area contributed by atoms with E-state index in [2.05, 4.69) is 42.7 Å². The standard InChI is InChI=1S/C18H30N2O2/c1-14-10-15(2)12-16(11-14)6-9-20-17(22)19-8-5-7-18(3,4)13-21/h10-12,21H,5-9,13H2,1-4H3,(H2,19,20,22). The molecule has 0 saturated heterocycles. The maximum Gasteiger partial charge on any atom is 0.314 e. The summed E-state index contributed by atoms with van der Waals surface area (Å²) in [7, 11) is 0. The van der Waals surface area contributed by atoms with E-state index in [1.54, 1.807) is 0 Å². The number of amides is 2. The molecule has 0 saturated carbocycles. The van der Waals surface area contributed by atoms with Gasteiger partial charge in [-0.25, -0.2) is 4.79 Å². The van der Waals surface area contributed by atoms with Crippen molar-refractivity contribution < 1.29 is 9.90 Å². The lowest BCUT2D eigenvalue weighted by molar-refractivity contribution is 0.148. The third-order valence-electron chi connectivity index (χ3n) is 3.72. The van der Waals surface area contributed by atoms with E-state index in [1.807, 2.05) is 13.8 Å². The minimum Gasteiger partial charge on any atom is -0.396 e. The summed E-state index contributed by atoms with van der Waals surface area (Å²) in [6.07, 6.45) is 2.61. The van der Waals surface area contributed by atoms with Gasteiger partial charge in [0, 0.05) is 19.7 Å². The molecule has 1 aromatic rings. The number of benzene rings is 1. The topological polar surface area (TPSA) is 61.4 Å². The van der Waals surface area contributed by atoms with E-state index < -0.39 is 0 Å². The maximum atomic E-state index is 11.7. The predicted octanol–water partition coefficient (Wildman–Crippen LogP) is 2.94. The van der Waals surface area contributed by atoms with Crippen LogP contribution in [0.4, 0.5) is 4.79 Å². The van der Waals surface area contributed by atoms with Gasteiger partial charge in [0.1, 0.15) is 0 Å². The summed E-state index contributed by atoms with van der Waals surface area (Å²) >= 11 is 0. The number of hydrogen-bond donors (Lipinski definition) is 3. The van der Waals surface area contributed by atoms with Crippen molar-refractivity contribution in [1.29, 1.82) is 0 Å². The molecule has 0 radical (unpaired) electrons. The van der Waals surface area contributed by atoms with Gasteiger partial charge in [0.05, 0.1) is 0 Å². The molecule has 124 valence electrons. The molecular weight excluding hydrogens is 276 g/mol. The van der Waals surface area contributed by atoms with Gasteiger partial charge in [-0.2, -0.15) is 0 Å². The molecule has 3 N–H and O–H groups in total. The Hall–Kier alpha value is -1.55. The van der Waals surface area contributed by atoms with Crippen molar-refractivity contribution in [3.05, 3.63) is 34.9 Å². The van der Waals surface area contributed by atoms with Crippen LogP contribution in [0, 0.1) is 19.3 Å². The molecule has 0 aliphatic heterocycles. The molecule has 4 nitrogen and oxygen atoms in total. The van der Waals surface area contributed by atoms with Crippen LogP contribution in [-0.4, -0.2) is 30.8 Å². The smallest absolute Gasteiger partial charge is 0.314 e. The lowest BCUT2D eigenvalue weighted by Gasteiger charge is -2.21. The minimum absolute atomic E-state index is 0.0683. The van der Waals surface area contributed by atoms with E-state index in [0.717, 1.165) is 19.3 Å². The number of urea groups is 1. The summed E-state index contributed by atoms with van der Waals surface area (Å²) in [4.78, 5) is 11.7. The molecule has 4 heteroatoms. The molecule has 0 spiro atoms. The van der Waals surface area contributed by atoms with Gasteiger partial charge in [-0.05, 0) is 44.1 Å². The number of carbonyl (C=O) groups is 1. The lowest BCUT2D eigenvalue weighted by Crippen LogP contribution is -2.37. The molecule has 0 heterocycles. The summed E-state index contributed by atoms with van der Waals surface area (Å²) in [5, 5.41) is 14.9. The molecule has 1 aromatic carbocycles. The first-order valence-corrected chi connectivity index (χ1v) is 8.02. The van der Waals surface area contributed by atoms with Crippen LogP contribution in [-0.2, 0) is 6.42 Å². The highest BCUT2D eigenvalue weighted by Crippen LogP contribution is 2.20. The average Bonchev–Trinajstić information content (AvgIpc) is 2.43. The number of nitrogens with one attached hydrogen (secondary N) is 2. The zero-order valence-electron chi connectivity index (χ0n) is 14.3. The van der Waals surface area contributed by atoms with Gasteiger partial charge in [-0.1, -0.05) is 43.2 Å².